The first kappa shape index (κ1) is 17.4. The number of nitrogens with one attached hydrogen (secondary N) is 1. The highest BCUT2D eigenvalue weighted by molar-refractivity contribution is 9.10. The Kier molecular flexibility index (Phi) is 5.87. The molecular weight excluding hydrogens is 392 g/mol. The van der Waals surface area contributed by atoms with Crippen molar-refractivity contribution in [2.24, 2.45) is 5.92 Å². The Hall–Kier alpha value is -1.43. The standard InChI is InChI=1S/C18H18BrClN2O2/c19-14-3-4-16(20)15(10-14)18(23)22-17(12-5-8-24-9-6-12)13-2-1-7-21-11-13/h1-4,7,10-12,17H,5-6,8-9H2,(H,22,23)/t17-/m1/s1. The molecule has 0 spiro atoms. The Bertz CT molecular complexity index is 705. The first-order valence-corrected chi connectivity index (χ1v) is 9.06. The van der Waals surface area contributed by atoms with Crippen LogP contribution in [0.1, 0.15) is 34.8 Å². The SMILES string of the molecule is O=C(N[C@@H](c1cccnc1)C1CCOCC1)c1cc(Br)ccc1Cl. The summed E-state index contributed by atoms with van der Waals surface area (Å²) >= 11 is 9.58. The topological polar surface area (TPSA) is 51.2 Å². The number of halogens is 2. The van der Waals surface area contributed by atoms with Crippen LogP contribution in [0.25, 0.3) is 0 Å². The van der Waals surface area contributed by atoms with Gasteiger partial charge in [-0.2, -0.15) is 0 Å². The summed E-state index contributed by atoms with van der Waals surface area (Å²) < 4.78 is 6.27. The van der Waals surface area contributed by atoms with Gasteiger partial charge in [-0.3, -0.25) is 9.78 Å². The van der Waals surface area contributed by atoms with E-state index in [0.29, 0.717) is 16.5 Å². The molecule has 1 saturated heterocycles. The van der Waals surface area contributed by atoms with Crippen LogP contribution < -0.4 is 5.32 Å². The lowest BCUT2D eigenvalue weighted by atomic mass is 9.87. The van der Waals surface area contributed by atoms with Crippen molar-refractivity contribution in [1.82, 2.24) is 10.3 Å². The fourth-order valence-electron chi connectivity index (χ4n) is 2.97. The van der Waals surface area contributed by atoms with Crippen LogP contribution in [0.3, 0.4) is 0 Å². The van der Waals surface area contributed by atoms with Crippen molar-refractivity contribution >= 4 is 33.4 Å². The van der Waals surface area contributed by atoms with E-state index in [4.69, 9.17) is 16.3 Å². The maximum absolute atomic E-state index is 12.8. The van der Waals surface area contributed by atoms with E-state index >= 15 is 0 Å². The van der Waals surface area contributed by atoms with Gasteiger partial charge in [0.05, 0.1) is 16.6 Å². The second-order valence-electron chi connectivity index (χ2n) is 5.81. The fraction of sp³-hybridized carbons (Fsp3) is 0.333. The maximum Gasteiger partial charge on any atom is 0.253 e. The molecule has 4 nitrogen and oxygen atoms in total. The van der Waals surface area contributed by atoms with Crippen LogP contribution in [0, 0.1) is 5.92 Å². The van der Waals surface area contributed by atoms with E-state index in [0.717, 1.165) is 36.1 Å². The highest BCUT2D eigenvalue weighted by Gasteiger charge is 2.28. The molecule has 0 aliphatic carbocycles. The second kappa shape index (κ2) is 8.10. The molecule has 1 aromatic heterocycles. The van der Waals surface area contributed by atoms with Gasteiger partial charge in [-0.25, -0.2) is 0 Å². The van der Waals surface area contributed by atoms with Gasteiger partial charge < -0.3 is 10.1 Å². The number of amides is 1. The molecule has 3 rings (SSSR count). The summed E-state index contributed by atoms with van der Waals surface area (Å²) in [6.07, 6.45) is 5.36. The smallest absolute Gasteiger partial charge is 0.253 e. The third-order valence-electron chi connectivity index (χ3n) is 4.24. The normalized spacial score (nSPS) is 16.6. The molecule has 1 aromatic carbocycles. The van der Waals surface area contributed by atoms with Crippen molar-refractivity contribution in [2.45, 2.75) is 18.9 Å². The lowest BCUT2D eigenvalue weighted by Gasteiger charge is -2.31. The van der Waals surface area contributed by atoms with Gasteiger partial charge >= 0.3 is 0 Å². The average Bonchev–Trinajstić information content (AvgIpc) is 2.63. The zero-order valence-corrected chi connectivity index (χ0v) is 15.4. The number of aromatic nitrogens is 1. The predicted molar refractivity (Wildman–Crippen MR) is 97.1 cm³/mol. The third kappa shape index (κ3) is 4.15. The molecule has 1 fully saturated rings. The third-order valence-corrected chi connectivity index (χ3v) is 5.06. The molecule has 0 unspecified atom stereocenters. The van der Waals surface area contributed by atoms with Crippen molar-refractivity contribution in [1.29, 1.82) is 0 Å². The summed E-state index contributed by atoms with van der Waals surface area (Å²) in [4.78, 5) is 17.0. The van der Waals surface area contributed by atoms with Gasteiger partial charge in [0.1, 0.15) is 0 Å². The quantitative estimate of drug-likeness (QED) is 0.814. The number of ether oxygens (including phenoxy) is 1. The number of hydrogen-bond acceptors (Lipinski definition) is 3. The van der Waals surface area contributed by atoms with E-state index < -0.39 is 0 Å². The number of carbonyl (C=O) groups is 1. The van der Waals surface area contributed by atoms with E-state index in [9.17, 15) is 4.79 Å². The van der Waals surface area contributed by atoms with E-state index in [1.165, 1.54) is 0 Å². The molecule has 0 bridgehead atoms. The molecule has 1 aliphatic rings. The average molecular weight is 410 g/mol. The van der Waals surface area contributed by atoms with Crippen molar-refractivity contribution in [3.05, 3.63) is 63.3 Å². The number of pyridine rings is 1. The summed E-state index contributed by atoms with van der Waals surface area (Å²) in [7, 11) is 0. The molecule has 1 amide bonds. The Morgan fingerprint density at radius 3 is 2.83 bits per heavy atom. The van der Waals surface area contributed by atoms with Crippen LogP contribution in [-0.2, 0) is 4.74 Å². The van der Waals surface area contributed by atoms with Crippen molar-refractivity contribution < 1.29 is 9.53 Å². The van der Waals surface area contributed by atoms with Gasteiger partial charge in [0.2, 0.25) is 0 Å². The summed E-state index contributed by atoms with van der Waals surface area (Å²) in [6.45, 7) is 1.43. The molecule has 6 heteroatoms. The van der Waals surface area contributed by atoms with E-state index in [2.05, 4.69) is 26.2 Å². The van der Waals surface area contributed by atoms with Crippen molar-refractivity contribution in [3.63, 3.8) is 0 Å². The van der Waals surface area contributed by atoms with E-state index in [1.54, 1.807) is 18.3 Å². The van der Waals surface area contributed by atoms with Gasteiger partial charge in [0, 0.05) is 30.1 Å². The summed E-state index contributed by atoms with van der Waals surface area (Å²) in [5, 5.41) is 3.59. The molecule has 0 saturated carbocycles. The molecule has 126 valence electrons. The van der Waals surface area contributed by atoms with Crippen LogP contribution in [0.5, 0.6) is 0 Å². The van der Waals surface area contributed by atoms with Crippen LogP contribution in [0.2, 0.25) is 5.02 Å². The minimum absolute atomic E-state index is 0.106. The van der Waals surface area contributed by atoms with E-state index in [-0.39, 0.29) is 11.9 Å². The molecule has 2 aromatic rings. The van der Waals surface area contributed by atoms with Gasteiger partial charge in [-0.05, 0) is 48.6 Å². The summed E-state index contributed by atoms with van der Waals surface area (Å²) in [5.74, 6) is 0.138. The largest absolute Gasteiger partial charge is 0.381 e. The highest BCUT2D eigenvalue weighted by Crippen LogP contribution is 2.31. The maximum atomic E-state index is 12.8. The van der Waals surface area contributed by atoms with Crippen LogP contribution >= 0.6 is 27.5 Å². The lowest BCUT2D eigenvalue weighted by Crippen LogP contribution is -2.36. The second-order valence-corrected chi connectivity index (χ2v) is 7.13. The Balaban J connectivity index is 1.85. The van der Waals surface area contributed by atoms with E-state index in [1.807, 2.05) is 24.4 Å². The Morgan fingerprint density at radius 2 is 2.12 bits per heavy atom. The summed E-state index contributed by atoms with van der Waals surface area (Å²) in [5.41, 5.74) is 1.47. The molecule has 0 radical (unpaired) electrons. The van der Waals surface area contributed by atoms with Crippen LogP contribution in [-0.4, -0.2) is 24.1 Å². The van der Waals surface area contributed by atoms with Crippen LogP contribution in [0.15, 0.2) is 47.2 Å². The molecule has 24 heavy (non-hydrogen) atoms. The van der Waals surface area contributed by atoms with Crippen molar-refractivity contribution in [2.75, 3.05) is 13.2 Å². The molecule has 1 aliphatic heterocycles. The first-order valence-electron chi connectivity index (χ1n) is 7.89. The monoisotopic (exact) mass is 408 g/mol. The number of rotatable bonds is 4. The van der Waals surface area contributed by atoms with Crippen molar-refractivity contribution in [3.8, 4) is 0 Å². The minimum atomic E-state index is -0.179. The lowest BCUT2D eigenvalue weighted by molar-refractivity contribution is 0.0513. The van der Waals surface area contributed by atoms with Gasteiger partial charge in [-0.1, -0.05) is 33.6 Å². The first-order chi connectivity index (χ1) is 11.6. The van der Waals surface area contributed by atoms with Gasteiger partial charge in [0.15, 0.2) is 0 Å². The predicted octanol–water partition coefficient (Wildman–Crippen LogP) is 4.40. The summed E-state index contributed by atoms with van der Waals surface area (Å²) in [6, 6.07) is 9.05. The number of carbonyl (C=O) groups excluding carboxylic acids is 1. The minimum Gasteiger partial charge on any atom is -0.381 e. The van der Waals surface area contributed by atoms with Gasteiger partial charge in [0.25, 0.3) is 5.91 Å². The number of benzene rings is 1. The van der Waals surface area contributed by atoms with Crippen LogP contribution in [0.4, 0.5) is 0 Å². The molecular formula is C18H18BrClN2O2. The molecule has 2 heterocycles. The Labute approximate surface area is 154 Å². The zero-order valence-electron chi connectivity index (χ0n) is 13.0. The molecule has 1 atom stereocenters. The zero-order chi connectivity index (χ0) is 16.9. The Morgan fingerprint density at radius 1 is 1.33 bits per heavy atom. The molecule has 1 N–H and O–H groups in total. The van der Waals surface area contributed by atoms with Gasteiger partial charge in [-0.15, -0.1) is 0 Å². The fourth-order valence-corrected chi connectivity index (χ4v) is 3.54. The highest BCUT2D eigenvalue weighted by atomic mass is 79.9. The number of nitrogens with zero attached hydrogens (tertiary/aromatic N) is 1. The number of hydrogen-bond donors (Lipinski definition) is 1.